The molecule has 2 aliphatic rings. The molecule has 1 saturated carbocycles. The molecule has 2 atom stereocenters. The number of methoxy groups -OCH3 is 1. The van der Waals surface area contributed by atoms with Crippen molar-refractivity contribution in [2.75, 3.05) is 20.2 Å². The largest absolute Gasteiger partial charge is 0.379 e. The van der Waals surface area contributed by atoms with Gasteiger partial charge in [-0.15, -0.1) is 0 Å². The van der Waals surface area contributed by atoms with Crippen LogP contribution in [0.15, 0.2) is 48.8 Å². The molecule has 2 heterocycles. The Morgan fingerprint density at radius 1 is 1.02 bits per heavy atom. The summed E-state index contributed by atoms with van der Waals surface area (Å²) in [5.74, 6) is 0.0837. The fourth-order valence-corrected chi connectivity index (χ4v) is 7.69. The van der Waals surface area contributed by atoms with Crippen molar-refractivity contribution < 1.29 is 9.53 Å². The highest BCUT2D eigenvalue weighted by atomic mass is 35.5. The standard InChI is InChI=1S/C36H50ClN5O2/c1-26-18-27(12-13-31(26)37)22-40-34(43)30-20-28(24-42-17-16-41(2)35(42)38)19-29(21-30)33-32(44-3)23-39-25-36(33)14-10-8-6-4-5-7-9-11-15-36/h12-13,16-21,32-33,38-39H,4-11,14-15,22-25H2,1-3H3,(H,40,43). The number of aromatic nitrogens is 2. The number of nitrogens with one attached hydrogen (secondary N) is 3. The van der Waals surface area contributed by atoms with Crippen LogP contribution in [-0.2, 0) is 24.9 Å². The molecule has 7 nitrogen and oxygen atoms in total. The first-order valence-electron chi connectivity index (χ1n) is 16.5. The molecular weight excluding hydrogens is 570 g/mol. The van der Waals surface area contributed by atoms with Crippen molar-refractivity contribution in [3.05, 3.63) is 87.2 Å². The van der Waals surface area contributed by atoms with E-state index in [2.05, 4.69) is 22.8 Å². The lowest BCUT2D eigenvalue weighted by Gasteiger charge is -2.49. The number of hydrogen-bond acceptors (Lipinski definition) is 4. The third kappa shape index (κ3) is 7.67. The Balaban J connectivity index is 1.52. The molecule has 1 aromatic heterocycles. The van der Waals surface area contributed by atoms with Gasteiger partial charge in [0, 0.05) is 62.7 Å². The van der Waals surface area contributed by atoms with Crippen LogP contribution in [0, 0.1) is 17.7 Å². The number of benzene rings is 2. The lowest BCUT2D eigenvalue weighted by atomic mass is 9.62. The molecule has 2 aromatic carbocycles. The molecule has 1 spiro atoms. The summed E-state index contributed by atoms with van der Waals surface area (Å²) in [5.41, 5.74) is 5.38. The Morgan fingerprint density at radius 2 is 1.73 bits per heavy atom. The van der Waals surface area contributed by atoms with E-state index in [-0.39, 0.29) is 23.3 Å². The number of rotatable bonds is 7. The van der Waals surface area contributed by atoms with Crippen molar-refractivity contribution in [2.24, 2.45) is 12.5 Å². The van der Waals surface area contributed by atoms with Crippen molar-refractivity contribution in [3.63, 3.8) is 0 Å². The van der Waals surface area contributed by atoms with Crippen LogP contribution in [0.2, 0.25) is 5.02 Å². The molecular formula is C36H50ClN5O2. The summed E-state index contributed by atoms with van der Waals surface area (Å²) in [5, 5.41) is 16.2. The average molecular weight is 620 g/mol. The molecule has 1 saturated heterocycles. The van der Waals surface area contributed by atoms with E-state index in [1.807, 2.05) is 62.3 Å². The van der Waals surface area contributed by atoms with E-state index in [4.69, 9.17) is 21.7 Å². The number of ether oxygens (including phenoxy) is 1. The van der Waals surface area contributed by atoms with Crippen LogP contribution in [0.1, 0.15) is 103 Å². The van der Waals surface area contributed by atoms with E-state index in [9.17, 15) is 4.79 Å². The molecule has 8 heteroatoms. The number of piperidine rings is 1. The first kappa shape index (κ1) is 32.5. The van der Waals surface area contributed by atoms with Gasteiger partial charge in [-0.25, -0.2) is 0 Å². The molecule has 44 heavy (non-hydrogen) atoms. The molecule has 5 rings (SSSR count). The quantitative estimate of drug-likeness (QED) is 0.270. The van der Waals surface area contributed by atoms with Crippen LogP contribution in [0.25, 0.3) is 0 Å². The summed E-state index contributed by atoms with van der Waals surface area (Å²) in [7, 11) is 3.72. The Bertz CT molecular complexity index is 1470. The number of halogens is 1. The summed E-state index contributed by atoms with van der Waals surface area (Å²) in [6.07, 6.45) is 16.5. The van der Waals surface area contributed by atoms with E-state index in [0.717, 1.165) is 47.6 Å². The number of imidazole rings is 1. The van der Waals surface area contributed by atoms with Crippen LogP contribution >= 0.6 is 11.6 Å². The highest BCUT2D eigenvalue weighted by Crippen LogP contribution is 2.49. The van der Waals surface area contributed by atoms with Gasteiger partial charge in [0.1, 0.15) is 0 Å². The van der Waals surface area contributed by atoms with Crippen LogP contribution in [0.5, 0.6) is 0 Å². The molecule has 238 valence electrons. The monoisotopic (exact) mass is 619 g/mol. The maximum absolute atomic E-state index is 13.8. The minimum Gasteiger partial charge on any atom is -0.379 e. The highest BCUT2D eigenvalue weighted by molar-refractivity contribution is 6.31. The maximum atomic E-state index is 13.8. The van der Waals surface area contributed by atoms with Gasteiger partial charge in [-0.3, -0.25) is 10.2 Å². The number of nitrogens with zero attached hydrogens (tertiary/aromatic N) is 2. The number of carbonyl (C=O) groups excluding carboxylic acids is 1. The van der Waals surface area contributed by atoms with Crippen LogP contribution in [-0.4, -0.2) is 41.3 Å². The predicted octanol–water partition coefficient (Wildman–Crippen LogP) is 6.85. The third-order valence-electron chi connectivity index (χ3n) is 10.00. The van der Waals surface area contributed by atoms with E-state index in [1.165, 1.54) is 56.9 Å². The lowest BCUT2D eigenvalue weighted by molar-refractivity contribution is -0.0117. The first-order chi connectivity index (χ1) is 21.3. The van der Waals surface area contributed by atoms with E-state index >= 15 is 0 Å². The predicted molar refractivity (Wildman–Crippen MR) is 177 cm³/mol. The second-order valence-electron chi connectivity index (χ2n) is 13.2. The fourth-order valence-electron chi connectivity index (χ4n) is 7.57. The second kappa shape index (κ2) is 14.9. The first-order valence-corrected chi connectivity index (χ1v) is 16.8. The molecule has 2 unspecified atom stereocenters. The van der Waals surface area contributed by atoms with Crippen LogP contribution < -0.4 is 16.3 Å². The number of hydrogen-bond donors (Lipinski definition) is 3. The summed E-state index contributed by atoms with van der Waals surface area (Å²) >= 11 is 6.24. The zero-order valence-corrected chi connectivity index (χ0v) is 27.5. The van der Waals surface area contributed by atoms with Gasteiger partial charge in [-0.05, 0) is 65.6 Å². The number of aryl methyl sites for hydroxylation is 2. The lowest BCUT2D eigenvalue weighted by Crippen LogP contribution is -2.53. The Labute approximate surface area is 267 Å². The number of carbonyl (C=O) groups is 1. The topological polar surface area (TPSA) is 84.1 Å². The smallest absolute Gasteiger partial charge is 0.251 e. The van der Waals surface area contributed by atoms with Gasteiger partial charge >= 0.3 is 0 Å². The highest BCUT2D eigenvalue weighted by Gasteiger charge is 2.46. The van der Waals surface area contributed by atoms with E-state index < -0.39 is 0 Å². The molecule has 3 aromatic rings. The summed E-state index contributed by atoms with van der Waals surface area (Å²) in [6, 6.07) is 12.3. The fraction of sp³-hybridized carbons (Fsp3) is 0.556. The SMILES string of the molecule is COC1CNCC2(CCCCCCCCCC2)C1c1cc(Cn2ccn(C)c2=N)cc(C(=O)NCc2ccc(Cl)c(C)c2)c1. The van der Waals surface area contributed by atoms with E-state index in [1.54, 1.807) is 4.57 Å². The molecule has 0 bridgehead atoms. The van der Waals surface area contributed by atoms with Crippen molar-refractivity contribution in [1.82, 2.24) is 19.8 Å². The van der Waals surface area contributed by atoms with Gasteiger partial charge < -0.3 is 24.5 Å². The minimum absolute atomic E-state index is 0.0215. The zero-order chi connectivity index (χ0) is 31.1. The zero-order valence-electron chi connectivity index (χ0n) is 26.8. The molecule has 3 N–H and O–H groups in total. The molecule has 2 fully saturated rings. The minimum atomic E-state index is -0.0933. The number of amides is 1. The van der Waals surface area contributed by atoms with Gasteiger partial charge in [0.2, 0.25) is 5.62 Å². The van der Waals surface area contributed by atoms with Crippen molar-refractivity contribution in [1.29, 1.82) is 5.41 Å². The van der Waals surface area contributed by atoms with Crippen molar-refractivity contribution in [3.8, 4) is 0 Å². The Morgan fingerprint density at radius 3 is 2.36 bits per heavy atom. The second-order valence-corrected chi connectivity index (χ2v) is 13.6. The third-order valence-corrected chi connectivity index (χ3v) is 10.4. The van der Waals surface area contributed by atoms with Gasteiger partial charge in [-0.2, -0.15) is 0 Å². The maximum Gasteiger partial charge on any atom is 0.251 e. The van der Waals surface area contributed by atoms with Crippen LogP contribution in [0.4, 0.5) is 0 Å². The molecule has 1 aliphatic carbocycles. The van der Waals surface area contributed by atoms with E-state index in [0.29, 0.717) is 24.3 Å². The Kier molecular flexibility index (Phi) is 11.0. The van der Waals surface area contributed by atoms with Crippen molar-refractivity contribution >= 4 is 17.5 Å². The summed E-state index contributed by atoms with van der Waals surface area (Å²) in [4.78, 5) is 13.8. The summed E-state index contributed by atoms with van der Waals surface area (Å²) < 4.78 is 9.96. The van der Waals surface area contributed by atoms with Crippen LogP contribution in [0.3, 0.4) is 0 Å². The van der Waals surface area contributed by atoms with Gasteiger partial charge in [0.05, 0.1) is 12.6 Å². The molecule has 1 aliphatic heterocycles. The molecule has 1 amide bonds. The normalized spacial score (nSPS) is 21.1. The van der Waals surface area contributed by atoms with Crippen molar-refractivity contribution in [2.45, 2.75) is 96.2 Å². The van der Waals surface area contributed by atoms with Gasteiger partial charge in [-0.1, -0.05) is 81.2 Å². The Hall–Kier alpha value is -2.87. The molecule has 0 radical (unpaired) electrons. The average Bonchev–Trinajstić information content (AvgIpc) is 3.31. The summed E-state index contributed by atoms with van der Waals surface area (Å²) in [6.45, 7) is 4.71. The van der Waals surface area contributed by atoms with Gasteiger partial charge in [0.25, 0.3) is 5.91 Å². The van der Waals surface area contributed by atoms with Gasteiger partial charge in [0.15, 0.2) is 0 Å².